The summed E-state index contributed by atoms with van der Waals surface area (Å²) in [4.78, 5) is 0. The summed E-state index contributed by atoms with van der Waals surface area (Å²) < 4.78 is 10.4. The summed E-state index contributed by atoms with van der Waals surface area (Å²) in [5.74, 6) is 0. The Balaban J connectivity index is 2.55. The van der Waals surface area contributed by atoms with Crippen molar-refractivity contribution >= 4 is 0 Å². The van der Waals surface area contributed by atoms with Gasteiger partial charge in [0.15, 0.2) is 6.29 Å². The van der Waals surface area contributed by atoms with Gasteiger partial charge < -0.3 is 24.8 Å². The van der Waals surface area contributed by atoms with E-state index in [1.165, 1.54) is 0 Å². The molecule has 1 fully saturated rings. The van der Waals surface area contributed by atoms with Gasteiger partial charge in [0.2, 0.25) is 0 Å². The van der Waals surface area contributed by atoms with Crippen LogP contribution in [0.15, 0.2) is 0 Å². The molecule has 1 rings (SSSR count). The average Bonchev–Trinajstić information content (AvgIpc) is 2.04. The molecule has 0 aliphatic carbocycles. The van der Waals surface area contributed by atoms with E-state index in [0.717, 1.165) is 0 Å². The van der Waals surface area contributed by atoms with Crippen LogP contribution in [-0.2, 0) is 9.47 Å². The van der Waals surface area contributed by atoms with Crippen LogP contribution in [0.1, 0.15) is 20.8 Å². The number of aliphatic hydroxyl groups excluding tert-OH is 3. The Labute approximate surface area is 83.3 Å². The van der Waals surface area contributed by atoms with Crippen molar-refractivity contribution in [1.29, 1.82) is 0 Å². The summed E-state index contributed by atoms with van der Waals surface area (Å²) in [6.45, 7) is 5.43. The summed E-state index contributed by atoms with van der Waals surface area (Å²) in [6, 6.07) is 0. The molecule has 0 aromatic carbocycles. The van der Waals surface area contributed by atoms with Crippen molar-refractivity contribution in [3.05, 3.63) is 0 Å². The van der Waals surface area contributed by atoms with E-state index < -0.39 is 30.2 Å². The Bertz CT molecular complexity index is 188. The maximum absolute atomic E-state index is 9.51. The lowest BCUT2D eigenvalue weighted by Gasteiger charge is -2.38. The zero-order valence-corrected chi connectivity index (χ0v) is 8.67. The Morgan fingerprint density at radius 1 is 1.14 bits per heavy atom. The fourth-order valence-electron chi connectivity index (χ4n) is 1.23. The zero-order valence-electron chi connectivity index (χ0n) is 8.67. The number of hydrogen-bond acceptors (Lipinski definition) is 5. The first-order valence-corrected chi connectivity index (χ1v) is 4.65. The second-order valence-electron chi connectivity index (χ2n) is 4.48. The van der Waals surface area contributed by atoms with Gasteiger partial charge in [-0.15, -0.1) is 0 Å². The summed E-state index contributed by atoms with van der Waals surface area (Å²) >= 11 is 0. The lowest BCUT2D eigenvalue weighted by atomic mass is 10.1. The van der Waals surface area contributed by atoms with Gasteiger partial charge >= 0.3 is 0 Å². The van der Waals surface area contributed by atoms with Crippen LogP contribution < -0.4 is 0 Å². The number of hydrogen-bond donors (Lipinski definition) is 3. The summed E-state index contributed by atoms with van der Waals surface area (Å²) in [7, 11) is 0. The van der Waals surface area contributed by atoms with Gasteiger partial charge in [-0.1, -0.05) is 0 Å². The van der Waals surface area contributed by atoms with Crippen LogP contribution in [-0.4, -0.2) is 52.1 Å². The Morgan fingerprint density at radius 2 is 1.71 bits per heavy atom. The monoisotopic (exact) mass is 206 g/mol. The SMILES string of the molecule is CC(C)(C)O[C@@H]1OC[C@@H](O)[C@H](O)[C@H]1O. The highest BCUT2D eigenvalue weighted by molar-refractivity contribution is 4.83. The van der Waals surface area contributed by atoms with Gasteiger partial charge in [-0.05, 0) is 20.8 Å². The van der Waals surface area contributed by atoms with Crippen LogP contribution in [0.3, 0.4) is 0 Å². The molecule has 0 aromatic heterocycles. The molecular weight excluding hydrogens is 188 g/mol. The molecule has 1 aliphatic rings. The van der Waals surface area contributed by atoms with Gasteiger partial charge in [-0.2, -0.15) is 0 Å². The number of ether oxygens (including phenoxy) is 2. The minimum absolute atomic E-state index is 0.0288. The van der Waals surface area contributed by atoms with Crippen molar-refractivity contribution < 1.29 is 24.8 Å². The molecule has 84 valence electrons. The van der Waals surface area contributed by atoms with Crippen LogP contribution in [0.4, 0.5) is 0 Å². The summed E-state index contributed by atoms with van der Waals surface area (Å²) in [5.41, 5.74) is -0.465. The third-order valence-electron chi connectivity index (χ3n) is 1.92. The molecule has 5 nitrogen and oxygen atoms in total. The zero-order chi connectivity index (χ0) is 10.9. The van der Waals surface area contributed by atoms with E-state index in [1.807, 2.05) is 20.8 Å². The maximum atomic E-state index is 9.51. The van der Waals surface area contributed by atoms with E-state index in [2.05, 4.69) is 0 Å². The fraction of sp³-hybridized carbons (Fsp3) is 1.00. The van der Waals surface area contributed by atoms with Gasteiger partial charge in [-0.3, -0.25) is 0 Å². The first kappa shape index (κ1) is 11.9. The molecule has 0 saturated carbocycles. The predicted molar refractivity (Wildman–Crippen MR) is 48.6 cm³/mol. The van der Waals surface area contributed by atoms with Crippen LogP contribution >= 0.6 is 0 Å². The molecule has 0 unspecified atom stereocenters. The third-order valence-corrected chi connectivity index (χ3v) is 1.92. The van der Waals surface area contributed by atoms with Crippen molar-refractivity contribution in [1.82, 2.24) is 0 Å². The largest absolute Gasteiger partial charge is 0.388 e. The van der Waals surface area contributed by atoms with Crippen LogP contribution in [0.25, 0.3) is 0 Å². The maximum Gasteiger partial charge on any atom is 0.186 e. The van der Waals surface area contributed by atoms with Crippen molar-refractivity contribution in [3.63, 3.8) is 0 Å². The molecule has 1 aliphatic heterocycles. The van der Waals surface area contributed by atoms with Crippen LogP contribution in [0, 0.1) is 0 Å². The van der Waals surface area contributed by atoms with Gasteiger partial charge in [0, 0.05) is 0 Å². The minimum Gasteiger partial charge on any atom is -0.388 e. The molecular formula is C9H18O5. The van der Waals surface area contributed by atoms with Crippen molar-refractivity contribution in [2.45, 2.75) is 51.0 Å². The fourth-order valence-corrected chi connectivity index (χ4v) is 1.23. The van der Waals surface area contributed by atoms with Crippen molar-refractivity contribution in [2.75, 3.05) is 6.61 Å². The van der Waals surface area contributed by atoms with E-state index in [-0.39, 0.29) is 6.61 Å². The van der Waals surface area contributed by atoms with Crippen molar-refractivity contribution in [2.24, 2.45) is 0 Å². The van der Waals surface area contributed by atoms with Crippen molar-refractivity contribution in [3.8, 4) is 0 Å². The molecule has 0 spiro atoms. The Hall–Kier alpha value is -0.200. The Kier molecular flexibility index (Phi) is 3.49. The Morgan fingerprint density at radius 3 is 2.21 bits per heavy atom. The highest BCUT2D eigenvalue weighted by Crippen LogP contribution is 2.21. The topological polar surface area (TPSA) is 79.2 Å². The molecule has 1 heterocycles. The quantitative estimate of drug-likeness (QED) is 0.525. The van der Waals surface area contributed by atoms with Gasteiger partial charge in [-0.25, -0.2) is 0 Å². The average molecular weight is 206 g/mol. The lowest BCUT2D eigenvalue weighted by molar-refractivity contribution is -0.294. The highest BCUT2D eigenvalue weighted by Gasteiger charge is 2.39. The van der Waals surface area contributed by atoms with E-state index in [4.69, 9.17) is 9.47 Å². The number of aliphatic hydroxyl groups is 3. The van der Waals surface area contributed by atoms with E-state index in [1.54, 1.807) is 0 Å². The molecule has 0 bridgehead atoms. The molecule has 5 heteroatoms. The van der Waals surface area contributed by atoms with E-state index in [0.29, 0.717) is 0 Å². The summed E-state index contributed by atoms with van der Waals surface area (Å²) in [5, 5.41) is 28.0. The van der Waals surface area contributed by atoms with Gasteiger partial charge in [0.1, 0.15) is 18.3 Å². The first-order chi connectivity index (χ1) is 6.31. The third kappa shape index (κ3) is 2.90. The molecule has 0 radical (unpaired) electrons. The molecule has 1 saturated heterocycles. The molecule has 0 aromatic rings. The molecule has 3 N–H and O–H groups in total. The van der Waals surface area contributed by atoms with E-state index in [9.17, 15) is 15.3 Å². The predicted octanol–water partition coefficient (Wildman–Crippen LogP) is -0.760. The summed E-state index contributed by atoms with van der Waals surface area (Å²) in [6.07, 6.45) is -4.35. The smallest absolute Gasteiger partial charge is 0.186 e. The minimum atomic E-state index is -1.21. The normalized spacial score (nSPS) is 39.9. The van der Waals surface area contributed by atoms with Gasteiger partial charge in [0.25, 0.3) is 0 Å². The highest BCUT2D eigenvalue weighted by atomic mass is 16.7. The van der Waals surface area contributed by atoms with Gasteiger partial charge in [0.05, 0.1) is 12.2 Å². The first-order valence-electron chi connectivity index (χ1n) is 4.65. The van der Waals surface area contributed by atoms with Crippen LogP contribution in [0.5, 0.6) is 0 Å². The molecule has 14 heavy (non-hydrogen) atoms. The van der Waals surface area contributed by atoms with Crippen LogP contribution in [0.2, 0.25) is 0 Å². The van der Waals surface area contributed by atoms with E-state index >= 15 is 0 Å². The second kappa shape index (κ2) is 4.12. The second-order valence-corrected chi connectivity index (χ2v) is 4.48. The molecule has 0 amide bonds. The standard InChI is InChI=1S/C9H18O5/c1-9(2,3)14-8-7(12)6(11)5(10)4-13-8/h5-8,10-12H,4H2,1-3H3/t5-,6+,7-,8+/m1/s1. The molecule has 4 atom stereocenters. The number of rotatable bonds is 1. The lowest BCUT2D eigenvalue weighted by Crippen LogP contribution is -2.55.